The molecule has 5 nitrogen and oxygen atoms in total. The summed E-state index contributed by atoms with van der Waals surface area (Å²) in [4.78, 5) is 0. The van der Waals surface area contributed by atoms with Gasteiger partial charge in [-0.25, -0.2) is 4.68 Å². The topological polar surface area (TPSA) is 56.5 Å². The van der Waals surface area contributed by atoms with E-state index in [0.717, 1.165) is 11.3 Å². The number of rotatable bonds is 4. The molecule has 126 valence electrons. The highest BCUT2D eigenvalue weighted by Gasteiger charge is 2.52. The summed E-state index contributed by atoms with van der Waals surface area (Å²) in [6, 6.07) is 9.82. The Morgan fingerprint density at radius 1 is 1.17 bits per heavy atom. The number of aliphatic hydroxyl groups is 1. The molecule has 6 heteroatoms. The van der Waals surface area contributed by atoms with Crippen molar-refractivity contribution in [3.8, 4) is 5.69 Å². The lowest BCUT2D eigenvalue weighted by atomic mass is 9.77. The first-order chi connectivity index (χ1) is 11.3. The molecule has 1 aromatic carbocycles. The second-order valence-electron chi connectivity index (χ2n) is 7.01. The fourth-order valence-electron chi connectivity index (χ4n) is 2.54. The molecule has 0 aliphatic carbocycles. The Morgan fingerprint density at radius 2 is 1.79 bits per heavy atom. The zero-order valence-electron chi connectivity index (χ0n) is 14.6. The smallest absolute Gasteiger partial charge is 0.400 e. The van der Waals surface area contributed by atoms with E-state index in [1.165, 1.54) is 0 Å². The van der Waals surface area contributed by atoms with Crippen molar-refractivity contribution in [1.82, 2.24) is 9.78 Å². The molecule has 1 saturated heterocycles. The average Bonchev–Trinajstić information content (AvgIpc) is 3.12. The molecular weight excluding hydrogens is 303 g/mol. The predicted octanol–water partition coefficient (Wildman–Crippen LogP) is 2.88. The Labute approximate surface area is 143 Å². The van der Waals surface area contributed by atoms with E-state index < -0.39 is 18.3 Å². The highest BCUT2D eigenvalue weighted by atomic mass is 16.7. The second-order valence-corrected chi connectivity index (χ2v) is 7.01. The van der Waals surface area contributed by atoms with Crippen LogP contribution in [0.15, 0.2) is 48.2 Å². The summed E-state index contributed by atoms with van der Waals surface area (Å²) < 4.78 is 13.8. The van der Waals surface area contributed by atoms with E-state index in [4.69, 9.17) is 9.31 Å². The van der Waals surface area contributed by atoms with E-state index in [2.05, 4.69) is 5.10 Å². The monoisotopic (exact) mass is 326 g/mol. The Kier molecular flexibility index (Phi) is 4.38. The predicted molar refractivity (Wildman–Crippen MR) is 94.7 cm³/mol. The molecule has 1 fully saturated rings. The summed E-state index contributed by atoms with van der Waals surface area (Å²) >= 11 is 0. The first-order valence-corrected chi connectivity index (χ1v) is 8.09. The van der Waals surface area contributed by atoms with Crippen molar-refractivity contribution >= 4 is 13.2 Å². The normalized spacial score (nSPS) is 19.7. The van der Waals surface area contributed by atoms with E-state index in [0.29, 0.717) is 5.47 Å². The number of hydrogen-bond acceptors (Lipinski definition) is 4. The fourth-order valence-corrected chi connectivity index (χ4v) is 2.54. The van der Waals surface area contributed by atoms with Gasteiger partial charge in [0.15, 0.2) is 0 Å². The Hall–Kier alpha value is -1.89. The van der Waals surface area contributed by atoms with Crippen LogP contribution < -0.4 is 0 Å². The molecule has 1 aliphatic heterocycles. The van der Waals surface area contributed by atoms with Crippen LogP contribution in [0.4, 0.5) is 0 Å². The molecule has 2 heterocycles. The van der Waals surface area contributed by atoms with Crippen molar-refractivity contribution in [2.75, 3.05) is 6.61 Å². The van der Waals surface area contributed by atoms with Gasteiger partial charge in [-0.1, -0.05) is 18.2 Å². The van der Waals surface area contributed by atoms with Gasteiger partial charge in [0.25, 0.3) is 0 Å². The van der Waals surface area contributed by atoms with Crippen LogP contribution >= 0.6 is 0 Å². The van der Waals surface area contributed by atoms with Crippen LogP contribution in [0.3, 0.4) is 0 Å². The summed E-state index contributed by atoms with van der Waals surface area (Å²) in [6.45, 7) is 7.89. The SMILES string of the molecule is CC1(C)OB(C(=Cc2ccc(-n3cccn3)cc2)CO)OC1(C)C. The van der Waals surface area contributed by atoms with Gasteiger partial charge in [-0.2, -0.15) is 5.10 Å². The van der Waals surface area contributed by atoms with Gasteiger partial charge in [-0.3, -0.25) is 0 Å². The van der Waals surface area contributed by atoms with Crippen LogP contribution in [-0.2, 0) is 9.31 Å². The molecular formula is C18H23BN2O3. The largest absolute Gasteiger partial charge is 0.492 e. The van der Waals surface area contributed by atoms with Crippen molar-refractivity contribution in [3.05, 3.63) is 53.8 Å². The minimum Gasteiger partial charge on any atom is -0.400 e. The lowest BCUT2D eigenvalue weighted by Gasteiger charge is -2.32. The van der Waals surface area contributed by atoms with E-state index in [9.17, 15) is 5.11 Å². The van der Waals surface area contributed by atoms with Gasteiger partial charge in [0, 0.05) is 12.4 Å². The van der Waals surface area contributed by atoms with Crippen molar-refractivity contribution in [3.63, 3.8) is 0 Å². The van der Waals surface area contributed by atoms with Crippen LogP contribution in [0.1, 0.15) is 33.3 Å². The summed E-state index contributed by atoms with van der Waals surface area (Å²) in [5, 5.41) is 14.0. The van der Waals surface area contributed by atoms with Crippen LogP contribution in [0.2, 0.25) is 0 Å². The van der Waals surface area contributed by atoms with Crippen molar-refractivity contribution < 1.29 is 14.4 Å². The average molecular weight is 326 g/mol. The van der Waals surface area contributed by atoms with E-state index >= 15 is 0 Å². The van der Waals surface area contributed by atoms with Gasteiger partial charge < -0.3 is 14.4 Å². The maximum absolute atomic E-state index is 9.75. The van der Waals surface area contributed by atoms with Crippen LogP contribution in [0.25, 0.3) is 11.8 Å². The van der Waals surface area contributed by atoms with Gasteiger partial charge in [-0.05, 0) is 56.9 Å². The van der Waals surface area contributed by atoms with Crippen LogP contribution in [0.5, 0.6) is 0 Å². The highest BCUT2D eigenvalue weighted by molar-refractivity contribution is 6.55. The highest BCUT2D eigenvalue weighted by Crippen LogP contribution is 2.38. The number of aliphatic hydroxyl groups excluding tert-OH is 1. The first-order valence-electron chi connectivity index (χ1n) is 8.09. The van der Waals surface area contributed by atoms with Gasteiger partial charge in [-0.15, -0.1) is 0 Å². The van der Waals surface area contributed by atoms with Crippen LogP contribution in [0, 0.1) is 0 Å². The standard InChI is InChI=1S/C18H23BN2O3/c1-17(2)18(3,4)24-19(23-17)15(13-22)12-14-6-8-16(9-7-14)21-11-5-10-20-21/h5-12,22H,13H2,1-4H3. The molecule has 0 spiro atoms. The molecule has 1 aliphatic rings. The maximum atomic E-state index is 9.75. The molecule has 0 atom stereocenters. The Morgan fingerprint density at radius 3 is 2.29 bits per heavy atom. The van der Waals surface area contributed by atoms with Crippen LogP contribution in [-0.4, -0.2) is 39.8 Å². The number of benzene rings is 1. The number of hydrogen-bond donors (Lipinski definition) is 1. The van der Waals surface area contributed by atoms with Gasteiger partial charge in [0.2, 0.25) is 0 Å². The molecule has 0 bridgehead atoms. The third-order valence-electron chi connectivity index (χ3n) is 4.75. The molecule has 0 radical (unpaired) electrons. The molecule has 3 rings (SSSR count). The summed E-state index contributed by atoms with van der Waals surface area (Å²) in [7, 11) is -0.536. The molecule has 0 unspecified atom stereocenters. The lowest BCUT2D eigenvalue weighted by molar-refractivity contribution is 0.00578. The minimum absolute atomic E-state index is 0.113. The second kappa shape index (κ2) is 6.20. The summed E-state index contributed by atoms with van der Waals surface area (Å²) in [5.41, 5.74) is 1.83. The molecule has 0 amide bonds. The molecule has 24 heavy (non-hydrogen) atoms. The van der Waals surface area contributed by atoms with Crippen molar-refractivity contribution in [2.24, 2.45) is 0 Å². The Bertz CT molecular complexity index is 705. The van der Waals surface area contributed by atoms with Gasteiger partial charge >= 0.3 is 7.12 Å². The number of aromatic nitrogens is 2. The first kappa shape index (κ1) is 17.0. The third kappa shape index (κ3) is 3.17. The molecule has 1 aromatic heterocycles. The van der Waals surface area contributed by atoms with E-state index in [-0.39, 0.29) is 6.61 Å². The van der Waals surface area contributed by atoms with E-state index in [1.807, 2.05) is 70.3 Å². The summed E-state index contributed by atoms with van der Waals surface area (Å²) in [5.74, 6) is 0. The van der Waals surface area contributed by atoms with Gasteiger partial charge in [0.1, 0.15) is 0 Å². The zero-order chi connectivity index (χ0) is 17.4. The maximum Gasteiger partial charge on any atom is 0.492 e. The molecule has 2 aromatic rings. The van der Waals surface area contributed by atoms with Gasteiger partial charge in [0.05, 0.1) is 23.5 Å². The number of nitrogens with zero attached hydrogens (tertiary/aromatic N) is 2. The zero-order valence-corrected chi connectivity index (χ0v) is 14.6. The third-order valence-corrected chi connectivity index (χ3v) is 4.75. The summed E-state index contributed by atoms with van der Waals surface area (Å²) in [6.07, 6.45) is 5.55. The van der Waals surface area contributed by atoms with Crippen molar-refractivity contribution in [2.45, 2.75) is 38.9 Å². The molecule has 1 N–H and O–H groups in total. The quantitative estimate of drug-likeness (QED) is 0.878. The Balaban J connectivity index is 1.81. The lowest BCUT2D eigenvalue weighted by Crippen LogP contribution is -2.41. The van der Waals surface area contributed by atoms with Crippen molar-refractivity contribution in [1.29, 1.82) is 0 Å². The molecule has 0 saturated carbocycles. The fraction of sp³-hybridized carbons (Fsp3) is 0.389. The van der Waals surface area contributed by atoms with E-state index in [1.54, 1.807) is 10.9 Å². The minimum atomic E-state index is -0.536.